The van der Waals surface area contributed by atoms with Crippen LogP contribution >= 0.6 is 11.3 Å². The van der Waals surface area contributed by atoms with Gasteiger partial charge in [0.05, 0.1) is 0 Å². The van der Waals surface area contributed by atoms with Crippen molar-refractivity contribution < 1.29 is 4.79 Å². The van der Waals surface area contributed by atoms with Crippen molar-refractivity contribution in [3.63, 3.8) is 0 Å². The Balaban J connectivity index is 1.64. The standard InChI is InChI=1S/C18H19N3OS/c1-12(18(19)16-3-2-8-23-16)9-17(22)21-15-5-4-14-11-20-7-6-13(14)10-15/h2-8,10-12,18H,9,19H2,1H3,(H,21,22). The predicted octanol–water partition coefficient (Wildman–Crippen LogP) is 3.96. The summed E-state index contributed by atoms with van der Waals surface area (Å²) in [4.78, 5) is 17.5. The molecule has 0 aliphatic heterocycles. The second-order valence-corrected chi connectivity index (χ2v) is 6.69. The zero-order valence-corrected chi connectivity index (χ0v) is 13.7. The summed E-state index contributed by atoms with van der Waals surface area (Å²) in [6.45, 7) is 2.01. The first-order chi connectivity index (χ1) is 11.1. The molecule has 3 aromatic rings. The van der Waals surface area contributed by atoms with Crippen LogP contribution in [-0.4, -0.2) is 10.9 Å². The summed E-state index contributed by atoms with van der Waals surface area (Å²) >= 11 is 1.63. The Kier molecular flexibility index (Phi) is 4.69. The van der Waals surface area contributed by atoms with Crippen molar-refractivity contribution in [1.29, 1.82) is 0 Å². The number of aromatic nitrogens is 1. The van der Waals surface area contributed by atoms with Crippen molar-refractivity contribution >= 4 is 33.7 Å². The number of nitrogens with two attached hydrogens (primary N) is 1. The Labute approximate surface area is 139 Å². The second kappa shape index (κ2) is 6.89. The Morgan fingerprint density at radius 1 is 1.30 bits per heavy atom. The maximum absolute atomic E-state index is 12.3. The molecule has 0 spiro atoms. The van der Waals surface area contributed by atoms with Crippen molar-refractivity contribution in [2.75, 3.05) is 5.32 Å². The third-order valence-electron chi connectivity index (χ3n) is 3.92. The van der Waals surface area contributed by atoms with Gasteiger partial charge in [-0.2, -0.15) is 0 Å². The number of rotatable bonds is 5. The molecule has 3 N–H and O–H groups in total. The van der Waals surface area contributed by atoms with E-state index in [0.717, 1.165) is 21.3 Å². The molecule has 23 heavy (non-hydrogen) atoms. The quantitative estimate of drug-likeness (QED) is 0.746. The molecule has 5 heteroatoms. The lowest BCUT2D eigenvalue weighted by Crippen LogP contribution is -2.23. The van der Waals surface area contributed by atoms with Gasteiger partial charge in [0.2, 0.25) is 5.91 Å². The average molecular weight is 325 g/mol. The fraction of sp³-hybridized carbons (Fsp3) is 0.222. The number of thiophene rings is 1. The molecule has 0 saturated carbocycles. The second-order valence-electron chi connectivity index (χ2n) is 5.71. The van der Waals surface area contributed by atoms with Crippen molar-refractivity contribution in [2.24, 2.45) is 11.7 Å². The lowest BCUT2D eigenvalue weighted by atomic mass is 9.97. The highest BCUT2D eigenvalue weighted by Crippen LogP contribution is 2.26. The highest BCUT2D eigenvalue weighted by atomic mass is 32.1. The SMILES string of the molecule is CC(CC(=O)Nc1ccc2cnccc2c1)C(N)c1cccs1. The highest BCUT2D eigenvalue weighted by molar-refractivity contribution is 7.10. The van der Waals surface area contributed by atoms with Gasteiger partial charge >= 0.3 is 0 Å². The molecule has 1 amide bonds. The summed E-state index contributed by atoms with van der Waals surface area (Å²) in [5.74, 6) is 0.0659. The van der Waals surface area contributed by atoms with E-state index < -0.39 is 0 Å². The molecule has 0 aliphatic rings. The summed E-state index contributed by atoms with van der Waals surface area (Å²) in [5, 5.41) is 7.07. The van der Waals surface area contributed by atoms with Crippen LogP contribution in [0.25, 0.3) is 10.8 Å². The zero-order chi connectivity index (χ0) is 16.2. The Hall–Kier alpha value is -2.24. The molecule has 4 nitrogen and oxygen atoms in total. The number of amides is 1. The van der Waals surface area contributed by atoms with E-state index in [9.17, 15) is 4.79 Å². The highest BCUT2D eigenvalue weighted by Gasteiger charge is 2.19. The summed E-state index contributed by atoms with van der Waals surface area (Å²) in [6.07, 6.45) is 3.95. The first-order valence-corrected chi connectivity index (χ1v) is 8.44. The maximum Gasteiger partial charge on any atom is 0.224 e. The van der Waals surface area contributed by atoms with E-state index in [1.54, 1.807) is 17.5 Å². The number of hydrogen-bond donors (Lipinski definition) is 2. The number of carbonyl (C=O) groups excluding carboxylic acids is 1. The third-order valence-corrected chi connectivity index (χ3v) is 4.89. The molecule has 0 fully saturated rings. The van der Waals surface area contributed by atoms with Crippen LogP contribution in [0.4, 0.5) is 5.69 Å². The van der Waals surface area contributed by atoms with Gasteiger partial charge in [-0.1, -0.05) is 19.1 Å². The molecule has 118 valence electrons. The van der Waals surface area contributed by atoms with E-state index in [1.807, 2.05) is 54.9 Å². The van der Waals surface area contributed by atoms with Gasteiger partial charge in [-0.3, -0.25) is 9.78 Å². The molecule has 2 atom stereocenters. The molecule has 2 aromatic heterocycles. The zero-order valence-electron chi connectivity index (χ0n) is 12.9. The minimum Gasteiger partial charge on any atom is -0.326 e. The Morgan fingerprint density at radius 3 is 2.96 bits per heavy atom. The normalized spacial score (nSPS) is 13.7. The Bertz CT molecular complexity index is 801. The number of pyridine rings is 1. The minimum atomic E-state index is -0.108. The first-order valence-electron chi connectivity index (χ1n) is 7.56. The lowest BCUT2D eigenvalue weighted by molar-refractivity contribution is -0.117. The number of benzene rings is 1. The molecule has 0 bridgehead atoms. The van der Waals surface area contributed by atoms with E-state index >= 15 is 0 Å². The van der Waals surface area contributed by atoms with Gasteiger partial charge in [0.1, 0.15) is 0 Å². The monoisotopic (exact) mass is 325 g/mol. The smallest absolute Gasteiger partial charge is 0.224 e. The molecule has 1 aromatic carbocycles. The van der Waals surface area contributed by atoms with Crippen molar-refractivity contribution in [3.05, 3.63) is 59.0 Å². The fourth-order valence-electron chi connectivity index (χ4n) is 2.55. The van der Waals surface area contributed by atoms with Crippen LogP contribution in [0, 0.1) is 5.92 Å². The number of nitrogens with zero attached hydrogens (tertiary/aromatic N) is 1. The van der Waals surface area contributed by atoms with Crippen LogP contribution in [0.1, 0.15) is 24.3 Å². The van der Waals surface area contributed by atoms with Crippen molar-refractivity contribution in [1.82, 2.24) is 4.98 Å². The van der Waals surface area contributed by atoms with Crippen LogP contribution < -0.4 is 11.1 Å². The fourth-order valence-corrected chi connectivity index (χ4v) is 3.41. The van der Waals surface area contributed by atoms with E-state index in [0.29, 0.717) is 6.42 Å². The van der Waals surface area contributed by atoms with Gasteiger partial charge in [0.15, 0.2) is 0 Å². The summed E-state index contributed by atoms with van der Waals surface area (Å²) in [5.41, 5.74) is 7.02. The van der Waals surface area contributed by atoms with Crippen LogP contribution in [0.15, 0.2) is 54.2 Å². The van der Waals surface area contributed by atoms with Crippen LogP contribution in [0.5, 0.6) is 0 Å². The summed E-state index contributed by atoms with van der Waals surface area (Å²) < 4.78 is 0. The topological polar surface area (TPSA) is 68.0 Å². The summed E-state index contributed by atoms with van der Waals surface area (Å²) in [7, 11) is 0. The molecular formula is C18H19N3OS. The van der Waals surface area contributed by atoms with Gasteiger partial charge in [-0.15, -0.1) is 11.3 Å². The molecule has 0 aliphatic carbocycles. The molecule has 0 radical (unpaired) electrons. The largest absolute Gasteiger partial charge is 0.326 e. The minimum absolute atomic E-state index is 0.0158. The van der Waals surface area contributed by atoms with E-state index in [2.05, 4.69) is 10.3 Å². The van der Waals surface area contributed by atoms with E-state index in [1.165, 1.54) is 0 Å². The van der Waals surface area contributed by atoms with Gasteiger partial charge in [-0.05, 0) is 40.9 Å². The lowest BCUT2D eigenvalue weighted by Gasteiger charge is -2.18. The molecule has 2 heterocycles. The maximum atomic E-state index is 12.3. The number of anilines is 1. The van der Waals surface area contributed by atoms with E-state index in [4.69, 9.17) is 5.73 Å². The van der Waals surface area contributed by atoms with Crippen LogP contribution in [0.2, 0.25) is 0 Å². The van der Waals surface area contributed by atoms with Gasteiger partial charge in [0, 0.05) is 40.8 Å². The first kappa shape index (κ1) is 15.6. The summed E-state index contributed by atoms with van der Waals surface area (Å²) in [6, 6.07) is 11.6. The average Bonchev–Trinajstić information content (AvgIpc) is 3.08. The molecule has 3 rings (SSSR count). The molecular weight excluding hydrogens is 306 g/mol. The van der Waals surface area contributed by atoms with Gasteiger partial charge in [-0.25, -0.2) is 0 Å². The number of fused-ring (bicyclic) bond motifs is 1. The third kappa shape index (κ3) is 3.75. The van der Waals surface area contributed by atoms with Gasteiger partial charge < -0.3 is 11.1 Å². The van der Waals surface area contributed by atoms with Crippen molar-refractivity contribution in [3.8, 4) is 0 Å². The number of carbonyl (C=O) groups is 1. The number of nitrogens with one attached hydrogen (secondary N) is 1. The van der Waals surface area contributed by atoms with Crippen LogP contribution in [0.3, 0.4) is 0 Å². The van der Waals surface area contributed by atoms with Crippen LogP contribution in [-0.2, 0) is 4.79 Å². The molecule has 2 unspecified atom stereocenters. The predicted molar refractivity (Wildman–Crippen MR) is 95.4 cm³/mol. The van der Waals surface area contributed by atoms with Gasteiger partial charge in [0.25, 0.3) is 0 Å². The number of hydrogen-bond acceptors (Lipinski definition) is 4. The molecule has 0 saturated heterocycles. The van der Waals surface area contributed by atoms with E-state index in [-0.39, 0.29) is 17.9 Å². The Morgan fingerprint density at radius 2 is 2.17 bits per heavy atom. The van der Waals surface area contributed by atoms with Crippen molar-refractivity contribution in [2.45, 2.75) is 19.4 Å².